The molecule has 1 unspecified atom stereocenters. The molecule has 4 fully saturated rings. The Hall–Kier alpha value is -1.62. The van der Waals surface area contributed by atoms with Gasteiger partial charge in [0, 0.05) is 14.0 Å². The maximum absolute atomic E-state index is 12.5. The van der Waals surface area contributed by atoms with Crippen molar-refractivity contribution < 1.29 is 84.0 Å². The van der Waals surface area contributed by atoms with Crippen molar-refractivity contribution >= 4 is 11.9 Å². The van der Waals surface area contributed by atoms with Crippen LogP contribution in [-0.2, 0) is 38.0 Å². The molecule has 3 heterocycles. The summed E-state index contributed by atoms with van der Waals surface area (Å²) >= 11 is 0. The first-order valence-electron chi connectivity index (χ1n) is 16.4. The zero-order chi connectivity index (χ0) is 35.4. The molecule has 48 heavy (non-hydrogen) atoms. The Labute approximate surface area is 277 Å². The van der Waals surface area contributed by atoms with Crippen molar-refractivity contribution in [3.05, 3.63) is 0 Å². The standard InChI is InChI=1S/C30H51NO17/c1-12-19(35)21(37)22(38)29(43-12)48-25-18(31(3)13(2)34)28(42)45-17(11-33)24(25)47-30-23(39)26(20(36)16(10-32)46-30)44-15(27(40)41)9-14-7-5-4-6-8-14/h12,14-26,28-30,32-33,35-39,42H,4-11H2,1-3H3,(H,40,41)/t12-,15-,16+,17+,18+,19+,20-,21+,22-,23+,24+,25+,26-,28?,29-,30-/m0/s1. The van der Waals surface area contributed by atoms with Gasteiger partial charge in [-0.2, -0.15) is 0 Å². The van der Waals surface area contributed by atoms with Gasteiger partial charge in [0.05, 0.1) is 19.3 Å². The number of aliphatic hydroxyl groups excluding tert-OH is 8. The van der Waals surface area contributed by atoms with Crippen molar-refractivity contribution in [3.8, 4) is 0 Å². The summed E-state index contributed by atoms with van der Waals surface area (Å²) < 4.78 is 34.7. The number of aliphatic carboxylic acids is 1. The molecule has 1 saturated carbocycles. The summed E-state index contributed by atoms with van der Waals surface area (Å²) in [6.45, 7) is 0.972. The van der Waals surface area contributed by atoms with E-state index in [4.69, 9.17) is 28.4 Å². The van der Waals surface area contributed by atoms with Crippen molar-refractivity contribution in [1.29, 1.82) is 0 Å². The molecule has 0 spiro atoms. The van der Waals surface area contributed by atoms with Crippen molar-refractivity contribution in [2.45, 2.75) is 151 Å². The van der Waals surface area contributed by atoms with E-state index in [1.165, 1.54) is 20.9 Å². The fraction of sp³-hybridized carbons (Fsp3) is 0.933. The lowest BCUT2D eigenvalue weighted by atomic mass is 9.85. The molecule has 278 valence electrons. The van der Waals surface area contributed by atoms with Crippen LogP contribution in [0.4, 0.5) is 0 Å². The van der Waals surface area contributed by atoms with Gasteiger partial charge < -0.3 is 79.3 Å². The molecule has 4 aliphatic rings. The highest BCUT2D eigenvalue weighted by Gasteiger charge is 2.55. The van der Waals surface area contributed by atoms with E-state index < -0.39 is 123 Å². The van der Waals surface area contributed by atoms with E-state index in [2.05, 4.69) is 0 Å². The zero-order valence-electron chi connectivity index (χ0n) is 27.2. The SMILES string of the molecule is CC(=O)N(C)[C@H]1C(O)O[C@H](CO)[C@@H](O[C@@H]2O[C@H](CO)[C@H](O)[C@H](O[C@@H](CC3CCCCC3)C(=O)O)[C@H]2O)[C@@H]1O[C@@H]1O[C@@H](C)[C@@H](O)[C@@H](O)[C@@H]1O. The molecule has 0 radical (unpaired) electrons. The topological polar surface area (TPSA) is 275 Å². The van der Waals surface area contributed by atoms with Crippen molar-refractivity contribution in [2.24, 2.45) is 5.92 Å². The normalized spacial score (nSPS) is 43.4. The number of carbonyl (C=O) groups is 2. The third kappa shape index (κ3) is 8.63. The number of aliphatic hydroxyl groups is 8. The van der Waals surface area contributed by atoms with Crippen LogP contribution < -0.4 is 0 Å². The molecule has 1 aliphatic carbocycles. The third-order valence-electron chi connectivity index (χ3n) is 9.84. The lowest BCUT2D eigenvalue weighted by Crippen LogP contribution is -2.69. The lowest BCUT2D eigenvalue weighted by Gasteiger charge is -2.51. The van der Waals surface area contributed by atoms with Gasteiger partial charge in [0.15, 0.2) is 25.0 Å². The predicted molar refractivity (Wildman–Crippen MR) is 158 cm³/mol. The number of carboxylic acid groups (broad SMARTS) is 1. The van der Waals surface area contributed by atoms with Gasteiger partial charge in [-0.15, -0.1) is 0 Å². The van der Waals surface area contributed by atoms with Gasteiger partial charge in [-0.3, -0.25) is 4.79 Å². The number of amides is 1. The van der Waals surface area contributed by atoms with Crippen LogP contribution in [0.2, 0.25) is 0 Å². The summed E-state index contributed by atoms with van der Waals surface area (Å²) in [5, 5.41) is 94.8. The Balaban J connectivity index is 1.64. The summed E-state index contributed by atoms with van der Waals surface area (Å²) in [5.41, 5.74) is 0. The highest BCUT2D eigenvalue weighted by Crippen LogP contribution is 2.36. The minimum Gasteiger partial charge on any atom is -0.479 e. The molecule has 0 aromatic heterocycles. The molecule has 16 atom stereocenters. The predicted octanol–water partition coefficient (Wildman–Crippen LogP) is -3.61. The molecule has 9 N–H and O–H groups in total. The molecular weight excluding hydrogens is 646 g/mol. The van der Waals surface area contributed by atoms with E-state index in [1.54, 1.807) is 0 Å². The van der Waals surface area contributed by atoms with Crippen LogP contribution in [0.5, 0.6) is 0 Å². The number of likely N-dealkylation sites (N-methyl/N-ethyl adjacent to an activating group) is 1. The van der Waals surface area contributed by atoms with Crippen LogP contribution >= 0.6 is 0 Å². The zero-order valence-corrected chi connectivity index (χ0v) is 27.2. The van der Waals surface area contributed by atoms with Crippen molar-refractivity contribution in [1.82, 2.24) is 4.90 Å². The van der Waals surface area contributed by atoms with Crippen LogP contribution in [0.25, 0.3) is 0 Å². The Morgan fingerprint density at radius 2 is 1.38 bits per heavy atom. The number of hydrogen-bond acceptors (Lipinski definition) is 16. The van der Waals surface area contributed by atoms with Crippen molar-refractivity contribution in [3.63, 3.8) is 0 Å². The van der Waals surface area contributed by atoms with E-state index in [0.29, 0.717) is 0 Å². The van der Waals surface area contributed by atoms with Crippen LogP contribution in [0, 0.1) is 5.92 Å². The molecule has 0 bridgehead atoms. The van der Waals surface area contributed by atoms with Crippen LogP contribution in [0.15, 0.2) is 0 Å². The van der Waals surface area contributed by atoms with Gasteiger partial charge in [-0.05, 0) is 19.3 Å². The second-order valence-corrected chi connectivity index (χ2v) is 13.1. The second-order valence-electron chi connectivity index (χ2n) is 13.1. The quantitative estimate of drug-likeness (QED) is 0.0952. The highest BCUT2D eigenvalue weighted by atomic mass is 16.8. The smallest absolute Gasteiger partial charge is 0.332 e. The number of carbonyl (C=O) groups excluding carboxylic acids is 1. The minimum atomic E-state index is -1.89. The number of carboxylic acids is 1. The molecule has 1 amide bonds. The highest BCUT2D eigenvalue weighted by molar-refractivity contribution is 5.73. The summed E-state index contributed by atoms with van der Waals surface area (Å²) in [5.74, 6) is -1.83. The van der Waals surface area contributed by atoms with Gasteiger partial charge in [-0.1, -0.05) is 32.1 Å². The second kappa shape index (κ2) is 17.1. The molecule has 0 aromatic carbocycles. The first-order chi connectivity index (χ1) is 22.7. The van der Waals surface area contributed by atoms with Gasteiger partial charge in [0.1, 0.15) is 67.1 Å². The minimum absolute atomic E-state index is 0.0543. The van der Waals surface area contributed by atoms with Crippen LogP contribution in [0.1, 0.15) is 52.4 Å². The average Bonchev–Trinajstić information content (AvgIpc) is 3.05. The summed E-state index contributed by atoms with van der Waals surface area (Å²) in [7, 11) is 1.30. The van der Waals surface area contributed by atoms with E-state index >= 15 is 0 Å². The van der Waals surface area contributed by atoms with Gasteiger partial charge >= 0.3 is 5.97 Å². The number of rotatable bonds is 12. The molecular formula is C30H51NO17. The Morgan fingerprint density at radius 1 is 0.771 bits per heavy atom. The monoisotopic (exact) mass is 697 g/mol. The van der Waals surface area contributed by atoms with Crippen LogP contribution in [0.3, 0.4) is 0 Å². The third-order valence-corrected chi connectivity index (χ3v) is 9.84. The van der Waals surface area contributed by atoms with Crippen LogP contribution in [-0.4, -0.2) is 181 Å². The van der Waals surface area contributed by atoms with Gasteiger partial charge in [0.25, 0.3) is 0 Å². The summed E-state index contributed by atoms with van der Waals surface area (Å²) in [6, 6.07) is -1.41. The molecule has 18 nitrogen and oxygen atoms in total. The maximum atomic E-state index is 12.5. The summed E-state index contributed by atoms with van der Waals surface area (Å²) in [6.07, 6.45) is -19.3. The Bertz CT molecular complexity index is 1050. The largest absolute Gasteiger partial charge is 0.479 e. The van der Waals surface area contributed by atoms with E-state index in [0.717, 1.165) is 37.0 Å². The average molecular weight is 698 g/mol. The lowest BCUT2D eigenvalue weighted by molar-refractivity contribution is -0.377. The Morgan fingerprint density at radius 3 is 1.96 bits per heavy atom. The molecule has 18 heteroatoms. The van der Waals surface area contributed by atoms with Gasteiger partial charge in [-0.25, -0.2) is 4.79 Å². The fourth-order valence-corrected chi connectivity index (χ4v) is 6.89. The molecule has 0 aromatic rings. The summed E-state index contributed by atoms with van der Waals surface area (Å²) in [4.78, 5) is 25.7. The molecule has 3 saturated heterocycles. The first-order valence-corrected chi connectivity index (χ1v) is 16.4. The molecule has 3 aliphatic heterocycles. The fourth-order valence-electron chi connectivity index (χ4n) is 6.89. The Kier molecular flexibility index (Phi) is 13.9. The van der Waals surface area contributed by atoms with E-state index in [9.17, 15) is 55.5 Å². The number of hydrogen-bond donors (Lipinski definition) is 9. The first kappa shape index (κ1) is 39.2. The van der Waals surface area contributed by atoms with E-state index in [-0.39, 0.29) is 12.3 Å². The van der Waals surface area contributed by atoms with Gasteiger partial charge in [0.2, 0.25) is 5.91 Å². The number of nitrogens with zero attached hydrogens (tertiary/aromatic N) is 1. The van der Waals surface area contributed by atoms with E-state index in [1.807, 2.05) is 0 Å². The van der Waals surface area contributed by atoms with Crippen molar-refractivity contribution in [2.75, 3.05) is 20.3 Å². The number of ether oxygens (including phenoxy) is 6. The maximum Gasteiger partial charge on any atom is 0.332 e. The molecule has 4 rings (SSSR count).